The summed E-state index contributed by atoms with van der Waals surface area (Å²) in [5.74, 6) is 1.13. The molecule has 0 saturated carbocycles. The van der Waals surface area contributed by atoms with Crippen LogP contribution in [0.3, 0.4) is 0 Å². The van der Waals surface area contributed by atoms with Crippen molar-refractivity contribution in [2.24, 2.45) is 0 Å². The maximum atomic E-state index is 4.39. The van der Waals surface area contributed by atoms with E-state index >= 15 is 0 Å². The number of aryl methyl sites for hydroxylation is 1. The molecule has 92 valence electrons. The minimum absolute atomic E-state index is 0.406. The first-order valence-electron chi connectivity index (χ1n) is 6.62. The van der Waals surface area contributed by atoms with Gasteiger partial charge in [-0.1, -0.05) is 11.6 Å². The van der Waals surface area contributed by atoms with Gasteiger partial charge in [0.05, 0.1) is 6.04 Å². The van der Waals surface area contributed by atoms with Crippen LogP contribution < -0.4 is 5.32 Å². The van der Waals surface area contributed by atoms with Crippen LogP contribution in [0, 0.1) is 0 Å². The third-order valence-electron chi connectivity index (χ3n) is 3.89. The predicted molar refractivity (Wildman–Crippen MR) is 66.5 cm³/mol. The predicted octanol–water partition coefficient (Wildman–Crippen LogP) is 2.20. The van der Waals surface area contributed by atoms with E-state index in [0.717, 1.165) is 18.8 Å². The maximum Gasteiger partial charge on any atom is 0.143 e. The Morgan fingerprint density at radius 3 is 3.18 bits per heavy atom. The van der Waals surface area contributed by atoms with Gasteiger partial charge in [0.25, 0.3) is 0 Å². The van der Waals surface area contributed by atoms with Crippen LogP contribution in [0.15, 0.2) is 18.0 Å². The molecule has 0 spiro atoms. The molecule has 0 fully saturated rings. The van der Waals surface area contributed by atoms with Crippen LogP contribution >= 0.6 is 0 Å². The minimum Gasteiger partial charge on any atom is -0.304 e. The number of aromatic nitrogens is 3. The summed E-state index contributed by atoms with van der Waals surface area (Å²) in [6.07, 6.45) is 10.1. The molecule has 0 unspecified atom stereocenters. The molecule has 0 amide bonds. The number of nitrogens with zero attached hydrogens (tertiary/aromatic N) is 3. The van der Waals surface area contributed by atoms with Gasteiger partial charge in [0, 0.05) is 12.6 Å². The third kappa shape index (κ3) is 2.27. The number of nitrogens with one attached hydrogen (secondary N) is 1. The summed E-state index contributed by atoms with van der Waals surface area (Å²) in [6, 6.07) is 1.02. The second-order valence-electron chi connectivity index (χ2n) is 5.22. The fourth-order valence-electron chi connectivity index (χ4n) is 2.85. The lowest BCUT2D eigenvalue weighted by Gasteiger charge is -2.29. The van der Waals surface area contributed by atoms with Gasteiger partial charge in [0.2, 0.25) is 0 Å². The molecule has 4 heteroatoms. The molecule has 1 aliphatic heterocycles. The van der Waals surface area contributed by atoms with E-state index in [1.807, 2.05) is 4.68 Å². The van der Waals surface area contributed by atoms with Crippen molar-refractivity contribution in [3.05, 3.63) is 23.8 Å². The normalized spacial score (nSPS) is 28.6. The van der Waals surface area contributed by atoms with Crippen LogP contribution in [-0.4, -0.2) is 20.8 Å². The van der Waals surface area contributed by atoms with Crippen molar-refractivity contribution in [3.63, 3.8) is 0 Å². The van der Waals surface area contributed by atoms with E-state index in [9.17, 15) is 0 Å². The standard InChI is InChI=1S/C13H20N4/c1-10-4-6-11(7-5-10)16-12-3-2-8-17-13(12)14-9-15-17/h4,9,11-12,16H,2-3,5-8H2,1H3/t11-,12+/m1/s1. The van der Waals surface area contributed by atoms with Gasteiger partial charge in [-0.25, -0.2) is 9.67 Å². The van der Waals surface area contributed by atoms with Gasteiger partial charge in [-0.15, -0.1) is 0 Å². The Labute approximate surface area is 102 Å². The van der Waals surface area contributed by atoms with Gasteiger partial charge in [0.1, 0.15) is 12.2 Å². The van der Waals surface area contributed by atoms with Crippen molar-refractivity contribution in [1.82, 2.24) is 20.1 Å². The third-order valence-corrected chi connectivity index (χ3v) is 3.89. The molecule has 0 aromatic carbocycles. The topological polar surface area (TPSA) is 42.7 Å². The van der Waals surface area contributed by atoms with Crippen molar-refractivity contribution in [3.8, 4) is 0 Å². The Kier molecular flexibility index (Phi) is 2.97. The van der Waals surface area contributed by atoms with Crippen LogP contribution in [0.25, 0.3) is 0 Å². The molecule has 0 saturated heterocycles. The average Bonchev–Trinajstić information content (AvgIpc) is 2.81. The molecule has 1 aromatic rings. The Hall–Kier alpha value is -1.16. The first-order valence-corrected chi connectivity index (χ1v) is 6.62. The molecule has 2 heterocycles. The Bertz CT molecular complexity index is 421. The van der Waals surface area contributed by atoms with E-state index < -0.39 is 0 Å². The molecular weight excluding hydrogens is 212 g/mol. The van der Waals surface area contributed by atoms with Gasteiger partial charge in [-0.2, -0.15) is 5.10 Å². The van der Waals surface area contributed by atoms with Gasteiger partial charge < -0.3 is 5.32 Å². The zero-order valence-corrected chi connectivity index (χ0v) is 10.4. The number of hydrogen-bond acceptors (Lipinski definition) is 3. The zero-order chi connectivity index (χ0) is 11.7. The van der Waals surface area contributed by atoms with Crippen molar-refractivity contribution in [2.75, 3.05) is 0 Å². The number of hydrogen-bond donors (Lipinski definition) is 1. The van der Waals surface area contributed by atoms with Gasteiger partial charge in [0.15, 0.2) is 0 Å². The van der Waals surface area contributed by atoms with E-state index in [1.54, 1.807) is 6.33 Å². The fourth-order valence-corrected chi connectivity index (χ4v) is 2.85. The Morgan fingerprint density at radius 1 is 1.41 bits per heavy atom. The highest BCUT2D eigenvalue weighted by Gasteiger charge is 2.25. The largest absolute Gasteiger partial charge is 0.304 e. The molecule has 1 aromatic heterocycles. The second kappa shape index (κ2) is 4.61. The van der Waals surface area contributed by atoms with Crippen molar-refractivity contribution >= 4 is 0 Å². The van der Waals surface area contributed by atoms with Gasteiger partial charge >= 0.3 is 0 Å². The second-order valence-corrected chi connectivity index (χ2v) is 5.22. The van der Waals surface area contributed by atoms with Crippen molar-refractivity contribution in [1.29, 1.82) is 0 Å². The molecular formula is C13H20N4. The quantitative estimate of drug-likeness (QED) is 0.795. The van der Waals surface area contributed by atoms with Gasteiger partial charge in [-0.3, -0.25) is 0 Å². The molecule has 2 atom stereocenters. The van der Waals surface area contributed by atoms with E-state index in [2.05, 4.69) is 28.4 Å². The molecule has 3 rings (SSSR count). The maximum absolute atomic E-state index is 4.39. The summed E-state index contributed by atoms with van der Waals surface area (Å²) < 4.78 is 2.05. The molecule has 0 radical (unpaired) electrons. The lowest BCUT2D eigenvalue weighted by molar-refractivity contribution is 0.322. The number of allylic oxidation sites excluding steroid dienone is 1. The van der Waals surface area contributed by atoms with E-state index in [1.165, 1.54) is 31.3 Å². The van der Waals surface area contributed by atoms with Gasteiger partial charge in [-0.05, 0) is 39.0 Å². The highest BCUT2D eigenvalue weighted by molar-refractivity contribution is 5.06. The van der Waals surface area contributed by atoms with Crippen LogP contribution in [0.1, 0.15) is 50.9 Å². The molecule has 2 aliphatic rings. The summed E-state index contributed by atoms with van der Waals surface area (Å²) in [5.41, 5.74) is 1.54. The van der Waals surface area contributed by atoms with Crippen LogP contribution in [0.2, 0.25) is 0 Å². The summed E-state index contributed by atoms with van der Waals surface area (Å²) in [7, 11) is 0. The number of rotatable bonds is 2. The van der Waals surface area contributed by atoms with Crippen molar-refractivity contribution in [2.45, 2.75) is 57.7 Å². The molecule has 1 aliphatic carbocycles. The average molecular weight is 232 g/mol. The van der Waals surface area contributed by atoms with E-state index in [0.29, 0.717) is 12.1 Å². The van der Waals surface area contributed by atoms with Crippen LogP contribution in [0.4, 0.5) is 0 Å². The van der Waals surface area contributed by atoms with Crippen LogP contribution in [0.5, 0.6) is 0 Å². The Morgan fingerprint density at radius 2 is 2.35 bits per heavy atom. The van der Waals surface area contributed by atoms with E-state index in [-0.39, 0.29) is 0 Å². The molecule has 17 heavy (non-hydrogen) atoms. The SMILES string of the molecule is CC1=CC[C@@H](N[C@H]2CCCn3ncnc32)CC1. The zero-order valence-electron chi connectivity index (χ0n) is 10.4. The molecule has 0 bridgehead atoms. The minimum atomic E-state index is 0.406. The molecule has 1 N–H and O–H groups in total. The van der Waals surface area contributed by atoms with E-state index in [4.69, 9.17) is 0 Å². The summed E-state index contributed by atoms with van der Waals surface area (Å²) in [6.45, 7) is 3.25. The lowest BCUT2D eigenvalue weighted by atomic mass is 9.94. The van der Waals surface area contributed by atoms with Crippen molar-refractivity contribution < 1.29 is 0 Å². The smallest absolute Gasteiger partial charge is 0.143 e. The highest BCUT2D eigenvalue weighted by atomic mass is 15.3. The number of fused-ring (bicyclic) bond motifs is 1. The van der Waals surface area contributed by atoms with Crippen LogP contribution in [-0.2, 0) is 6.54 Å². The monoisotopic (exact) mass is 232 g/mol. The lowest BCUT2D eigenvalue weighted by Crippen LogP contribution is -2.37. The Balaban J connectivity index is 1.67. The fraction of sp³-hybridized carbons (Fsp3) is 0.692. The summed E-state index contributed by atoms with van der Waals surface area (Å²) in [4.78, 5) is 4.39. The first kappa shape index (κ1) is 11.0. The first-order chi connectivity index (χ1) is 8.33. The summed E-state index contributed by atoms with van der Waals surface area (Å²) in [5, 5.41) is 8.02. The summed E-state index contributed by atoms with van der Waals surface area (Å²) >= 11 is 0. The highest BCUT2D eigenvalue weighted by Crippen LogP contribution is 2.25. The molecule has 4 nitrogen and oxygen atoms in total.